The number of aromatic nitrogens is 3. The van der Waals surface area contributed by atoms with Crippen LogP contribution in [0.1, 0.15) is 47.5 Å². The van der Waals surface area contributed by atoms with E-state index in [0.29, 0.717) is 41.9 Å². The molecule has 2 N–H and O–H groups in total. The van der Waals surface area contributed by atoms with E-state index >= 15 is 0 Å². The van der Waals surface area contributed by atoms with Gasteiger partial charge in [-0.25, -0.2) is 15.0 Å². The number of aliphatic carboxylic acids is 1. The average molecular weight is 547 g/mol. The first-order valence-electron chi connectivity index (χ1n) is 12.0. The van der Waals surface area contributed by atoms with Crippen LogP contribution in [0.25, 0.3) is 10.6 Å². The summed E-state index contributed by atoms with van der Waals surface area (Å²) in [6, 6.07) is 1.91. The molecule has 0 radical (unpaired) electrons. The maximum atomic E-state index is 12.9. The van der Waals surface area contributed by atoms with E-state index in [-0.39, 0.29) is 17.5 Å². The number of nitrogens with one attached hydrogen (secondary N) is 1. The van der Waals surface area contributed by atoms with Gasteiger partial charge in [0.15, 0.2) is 5.13 Å². The van der Waals surface area contributed by atoms with Gasteiger partial charge < -0.3 is 10.0 Å². The van der Waals surface area contributed by atoms with Crippen molar-refractivity contribution in [1.29, 1.82) is 0 Å². The first kappa shape index (κ1) is 25.1. The van der Waals surface area contributed by atoms with Crippen LogP contribution in [0.3, 0.4) is 0 Å². The lowest BCUT2D eigenvalue weighted by atomic mass is 9.97. The fourth-order valence-corrected chi connectivity index (χ4v) is 6.75. The molecule has 0 aliphatic carbocycles. The van der Waals surface area contributed by atoms with Crippen LogP contribution in [0.5, 0.6) is 0 Å². The molecule has 0 aromatic carbocycles. The minimum Gasteiger partial charge on any atom is -0.481 e. The van der Waals surface area contributed by atoms with Crippen molar-refractivity contribution in [2.24, 2.45) is 5.92 Å². The number of carbonyl (C=O) groups is 2. The minimum absolute atomic E-state index is 0.202. The predicted octanol–water partition coefficient (Wildman–Crippen LogP) is 4.85. The van der Waals surface area contributed by atoms with Crippen molar-refractivity contribution in [3.63, 3.8) is 0 Å². The number of thiazole rings is 1. The maximum Gasteiger partial charge on any atom is 0.306 e. The Morgan fingerprint density at radius 1 is 1.11 bits per heavy atom. The summed E-state index contributed by atoms with van der Waals surface area (Å²) in [6.07, 6.45) is 7.84. The van der Waals surface area contributed by atoms with Crippen molar-refractivity contribution in [3.05, 3.63) is 39.4 Å². The third-order valence-electron chi connectivity index (χ3n) is 6.57. The molecule has 190 valence electrons. The highest BCUT2D eigenvalue weighted by Crippen LogP contribution is 2.37. The minimum atomic E-state index is -0.751. The Hall–Kier alpha value is -2.60. The van der Waals surface area contributed by atoms with Crippen molar-refractivity contribution < 1.29 is 14.7 Å². The molecule has 2 aliphatic rings. The number of thiophene rings is 1. The fourth-order valence-electron chi connectivity index (χ4n) is 4.58. The molecule has 12 heteroatoms. The number of nitrogens with zero attached hydrogens (tertiary/aromatic N) is 5. The van der Waals surface area contributed by atoms with Crippen molar-refractivity contribution in [3.8, 4) is 10.6 Å². The van der Waals surface area contributed by atoms with Gasteiger partial charge in [0.2, 0.25) is 0 Å². The molecule has 0 atom stereocenters. The number of likely N-dealkylation sites (tertiary alicyclic amines) is 1. The second-order valence-corrected chi connectivity index (χ2v) is 11.5. The number of anilines is 2. The number of hydrogen-bond acceptors (Lipinski definition) is 9. The third kappa shape index (κ3) is 5.86. The Balaban J connectivity index is 1.27. The average Bonchev–Trinajstić information content (AvgIpc) is 3.50. The highest BCUT2D eigenvalue weighted by atomic mass is 35.5. The topological polar surface area (TPSA) is 112 Å². The van der Waals surface area contributed by atoms with E-state index in [1.165, 1.54) is 36.8 Å². The third-order valence-corrected chi connectivity index (χ3v) is 8.81. The lowest BCUT2D eigenvalue weighted by Gasteiger charge is -2.30. The smallest absolute Gasteiger partial charge is 0.306 e. The summed E-state index contributed by atoms with van der Waals surface area (Å²) in [5.74, 6) is -0.787. The fraction of sp³-hybridized carbons (Fsp3) is 0.458. The van der Waals surface area contributed by atoms with Crippen LogP contribution in [0, 0.1) is 5.92 Å². The number of amides is 1. The highest BCUT2D eigenvalue weighted by Gasteiger charge is 2.26. The molecule has 0 unspecified atom stereocenters. The molecular formula is C24H27ClN6O3S2. The Morgan fingerprint density at radius 3 is 2.53 bits per heavy atom. The summed E-state index contributed by atoms with van der Waals surface area (Å²) in [7, 11) is 0. The van der Waals surface area contributed by atoms with Gasteiger partial charge in [0, 0.05) is 29.9 Å². The molecule has 5 rings (SSSR count). The normalized spacial score (nSPS) is 17.3. The van der Waals surface area contributed by atoms with Gasteiger partial charge in [0.05, 0.1) is 33.9 Å². The first-order valence-corrected chi connectivity index (χ1v) is 14.1. The summed E-state index contributed by atoms with van der Waals surface area (Å²) in [5, 5.41) is 15.2. The molecule has 0 saturated carbocycles. The first-order chi connectivity index (χ1) is 17.5. The van der Waals surface area contributed by atoms with Crippen LogP contribution in [-0.2, 0) is 11.3 Å². The highest BCUT2D eigenvalue weighted by molar-refractivity contribution is 7.17. The molecule has 5 heterocycles. The lowest BCUT2D eigenvalue weighted by Crippen LogP contribution is -2.36. The molecule has 0 spiro atoms. The monoisotopic (exact) mass is 546 g/mol. The molecular weight excluding hydrogens is 520 g/mol. The van der Waals surface area contributed by atoms with Crippen LogP contribution in [0.15, 0.2) is 23.8 Å². The zero-order valence-electron chi connectivity index (χ0n) is 19.7. The SMILES string of the molecule is O=C(Nc1nc(-c2cc(Cl)cs2)c(CN2CCCCC2)s1)c1cnc(N2CCC(C(=O)O)CC2)cn1. The van der Waals surface area contributed by atoms with Gasteiger partial charge >= 0.3 is 5.97 Å². The number of piperidine rings is 2. The van der Waals surface area contributed by atoms with Crippen LogP contribution in [0.2, 0.25) is 5.02 Å². The van der Waals surface area contributed by atoms with E-state index in [1.54, 1.807) is 17.5 Å². The van der Waals surface area contributed by atoms with Crippen molar-refractivity contribution in [2.75, 3.05) is 36.4 Å². The number of carbonyl (C=O) groups excluding carboxylic acids is 1. The summed E-state index contributed by atoms with van der Waals surface area (Å²) in [4.78, 5) is 44.1. The number of carboxylic acids is 1. The van der Waals surface area contributed by atoms with Gasteiger partial charge in [-0.15, -0.1) is 11.3 Å². The number of halogens is 1. The lowest BCUT2D eigenvalue weighted by molar-refractivity contribution is -0.142. The summed E-state index contributed by atoms with van der Waals surface area (Å²) >= 11 is 9.21. The largest absolute Gasteiger partial charge is 0.481 e. The standard InChI is InChI=1S/C24H27ClN6O3S2/c25-16-10-18(35-14-16)21-19(13-30-6-2-1-3-7-30)36-24(28-21)29-22(32)17-11-27-20(12-26-17)31-8-4-15(5-9-31)23(33)34/h10-12,14-15H,1-9,13H2,(H,33,34)(H,28,29,32). The van der Waals surface area contributed by atoms with E-state index in [1.807, 2.05) is 16.3 Å². The van der Waals surface area contributed by atoms with E-state index in [4.69, 9.17) is 16.6 Å². The van der Waals surface area contributed by atoms with Crippen molar-refractivity contribution in [1.82, 2.24) is 19.9 Å². The molecule has 2 aliphatic heterocycles. The quantitative estimate of drug-likeness (QED) is 0.432. The van der Waals surface area contributed by atoms with Crippen molar-refractivity contribution >= 4 is 57.1 Å². The number of hydrogen-bond donors (Lipinski definition) is 2. The van der Waals surface area contributed by atoms with Gasteiger partial charge in [-0.05, 0) is 44.8 Å². The number of carboxylic acid groups (broad SMARTS) is 1. The van der Waals surface area contributed by atoms with Gasteiger partial charge in [-0.1, -0.05) is 29.4 Å². The summed E-state index contributed by atoms with van der Waals surface area (Å²) in [6.45, 7) is 4.14. The summed E-state index contributed by atoms with van der Waals surface area (Å²) in [5.41, 5.74) is 1.07. The van der Waals surface area contributed by atoms with Crippen LogP contribution >= 0.6 is 34.3 Å². The molecule has 2 saturated heterocycles. The van der Waals surface area contributed by atoms with Gasteiger partial charge in [0.25, 0.3) is 5.91 Å². The Labute approximate surface area is 222 Å². The Bertz CT molecular complexity index is 1220. The second-order valence-electron chi connectivity index (χ2n) is 9.07. The maximum absolute atomic E-state index is 12.9. The predicted molar refractivity (Wildman–Crippen MR) is 142 cm³/mol. The zero-order chi connectivity index (χ0) is 25.1. The van der Waals surface area contributed by atoms with Crippen LogP contribution < -0.4 is 10.2 Å². The Morgan fingerprint density at radius 2 is 1.89 bits per heavy atom. The van der Waals surface area contributed by atoms with Crippen LogP contribution in [0.4, 0.5) is 10.9 Å². The summed E-state index contributed by atoms with van der Waals surface area (Å²) < 4.78 is 0. The molecule has 3 aromatic heterocycles. The van der Waals surface area contributed by atoms with Gasteiger partial charge in [-0.2, -0.15) is 0 Å². The molecule has 3 aromatic rings. The zero-order valence-corrected chi connectivity index (χ0v) is 22.0. The van der Waals surface area contributed by atoms with E-state index in [2.05, 4.69) is 20.2 Å². The van der Waals surface area contributed by atoms with E-state index in [0.717, 1.165) is 35.1 Å². The second kappa shape index (κ2) is 11.2. The van der Waals surface area contributed by atoms with Gasteiger partial charge in [-0.3, -0.25) is 19.8 Å². The van der Waals surface area contributed by atoms with E-state index < -0.39 is 5.97 Å². The molecule has 36 heavy (non-hydrogen) atoms. The Kier molecular flexibility index (Phi) is 7.80. The molecule has 2 fully saturated rings. The van der Waals surface area contributed by atoms with Crippen molar-refractivity contribution in [2.45, 2.75) is 38.6 Å². The van der Waals surface area contributed by atoms with Crippen LogP contribution in [-0.4, -0.2) is 63.0 Å². The number of rotatable bonds is 7. The molecule has 1 amide bonds. The molecule has 0 bridgehead atoms. The van der Waals surface area contributed by atoms with E-state index in [9.17, 15) is 14.7 Å². The molecule has 9 nitrogen and oxygen atoms in total. The van der Waals surface area contributed by atoms with Gasteiger partial charge in [0.1, 0.15) is 11.5 Å².